The molecule has 174 valence electrons. The summed E-state index contributed by atoms with van der Waals surface area (Å²) in [6.45, 7) is 2.36. The quantitative estimate of drug-likeness (QED) is 0.745. The minimum Gasteiger partial charge on any atom is -0.369 e. The summed E-state index contributed by atoms with van der Waals surface area (Å²) in [4.78, 5) is 11.4. The van der Waals surface area contributed by atoms with Crippen LogP contribution in [0.25, 0.3) is 10.9 Å². The van der Waals surface area contributed by atoms with Crippen molar-refractivity contribution in [1.29, 1.82) is 0 Å². The van der Waals surface area contributed by atoms with E-state index < -0.39 is 15.9 Å². The molecule has 0 bridgehead atoms. The molecule has 2 saturated heterocycles. The first-order valence-corrected chi connectivity index (χ1v) is 13.1. The maximum Gasteiger partial charge on any atom is 0.248 e. The van der Waals surface area contributed by atoms with E-state index in [4.69, 9.17) is 4.98 Å². The molecular weight excluding hydrogens is 436 g/mol. The average molecular weight is 466 g/mol. The van der Waals surface area contributed by atoms with Gasteiger partial charge in [-0.2, -0.15) is 0 Å². The number of nitrogens with zero attached hydrogens (tertiary/aromatic N) is 4. The van der Waals surface area contributed by atoms with Gasteiger partial charge in [0.05, 0.1) is 17.5 Å². The van der Waals surface area contributed by atoms with E-state index in [1.165, 1.54) is 10.6 Å². The van der Waals surface area contributed by atoms with Gasteiger partial charge in [0.25, 0.3) is 0 Å². The van der Waals surface area contributed by atoms with Crippen LogP contribution in [-0.4, -0.2) is 67.1 Å². The van der Waals surface area contributed by atoms with Gasteiger partial charge in [-0.1, -0.05) is 12.1 Å². The Kier molecular flexibility index (Phi) is 5.28. The fraction of sp³-hybridized carbons (Fsp3) is 0.636. The Morgan fingerprint density at radius 3 is 2.59 bits per heavy atom. The van der Waals surface area contributed by atoms with Crippen molar-refractivity contribution in [2.24, 2.45) is 5.41 Å². The van der Waals surface area contributed by atoms with Crippen molar-refractivity contribution in [2.45, 2.75) is 50.5 Å². The van der Waals surface area contributed by atoms with Gasteiger partial charge in [-0.05, 0) is 37.2 Å². The van der Waals surface area contributed by atoms with Crippen molar-refractivity contribution >= 4 is 32.6 Å². The molecular formula is C22H29F2N5O2S. The van der Waals surface area contributed by atoms with Gasteiger partial charge >= 0.3 is 0 Å². The van der Waals surface area contributed by atoms with Crippen LogP contribution in [0.5, 0.6) is 0 Å². The Hall–Kier alpha value is -2.07. The molecule has 10 heteroatoms. The van der Waals surface area contributed by atoms with Crippen LogP contribution in [0.1, 0.15) is 38.5 Å². The average Bonchev–Trinajstić information content (AvgIpc) is 3.29. The fourth-order valence-corrected chi connectivity index (χ4v) is 6.42. The van der Waals surface area contributed by atoms with Crippen LogP contribution in [0.15, 0.2) is 24.4 Å². The molecule has 1 aromatic carbocycles. The second-order valence-electron chi connectivity index (χ2n) is 9.69. The van der Waals surface area contributed by atoms with Gasteiger partial charge in [0.1, 0.15) is 0 Å². The summed E-state index contributed by atoms with van der Waals surface area (Å²) in [6.07, 6.45) is 5.75. The highest BCUT2D eigenvalue weighted by Crippen LogP contribution is 2.53. The van der Waals surface area contributed by atoms with Crippen LogP contribution in [0.4, 0.5) is 20.4 Å². The predicted molar refractivity (Wildman–Crippen MR) is 121 cm³/mol. The van der Waals surface area contributed by atoms with Crippen molar-refractivity contribution in [1.82, 2.24) is 14.3 Å². The molecule has 3 heterocycles. The van der Waals surface area contributed by atoms with E-state index in [0.29, 0.717) is 44.8 Å². The topological polar surface area (TPSA) is 78.4 Å². The van der Waals surface area contributed by atoms with Crippen LogP contribution in [0, 0.1) is 5.41 Å². The maximum atomic E-state index is 13.9. The second kappa shape index (κ2) is 7.76. The Morgan fingerprint density at radius 1 is 1.12 bits per heavy atom. The van der Waals surface area contributed by atoms with Gasteiger partial charge in [-0.25, -0.2) is 31.5 Å². The third-order valence-electron chi connectivity index (χ3n) is 7.28. The number of hydrogen-bond acceptors (Lipinski definition) is 6. The molecule has 1 N–H and O–H groups in total. The number of nitrogens with one attached hydrogen (secondary N) is 1. The standard InChI is InChI=1S/C22H29F2N5O2S/c1-32(30,31)29-10-5-17(6-11-29)26-20-25-13-16-3-2-4-18(19(16)27-20)28-12-9-21(15-28)7-8-22(23,24)14-21/h2-4,13,17H,5-12,14-15H2,1H3,(H,25,26,27). The van der Waals surface area contributed by atoms with Crippen molar-refractivity contribution in [2.75, 3.05) is 42.7 Å². The Labute approximate surface area is 187 Å². The highest BCUT2D eigenvalue weighted by atomic mass is 32.2. The molecule has 1 saturated carbocycles. The number of para-hydroxylation sites is 1. The minimum absolute atomic E-state index is 0.00916. The molecule has 2 aromatic rings. The number of rotatable bonds is 4. The molecule has 0 amide bonds. The largest absolute Gasteiger partial charge is 0.369 e. The fourth-order valence-electron chi connectivity index (χ4n) is 5.54. The van der Waals surface area contributed by atoms with Crippen LogP contribution in [0.2, 0.25) is 0 Å². The van der Waals surface area contributed by atoms with Crippen molar-refractivity contribution in [3.8, 4) is 0 Å². The first kappa shape index (κ1) is 21.8. The van der Waals surface area contributed by atoms with Crippen LogP contribution in [-0.2, 0) is 10.0 Å². The number of sulfonamides is 1. The van der Waals surface area contributed by atoms with Crippen LogP contribution in [0.3, 0.4) is 0 Å². The van der Waals surface area contributed by atoms with E-state index in [-0.39, 0.29) is 24.3 Å². The summed E-state index contributed by atoms with van der Waals surface area (Å²) in [5, 5.41) is 4.28. The van der Waals surface area contributed by atoms with E-state index >= 15 is 0 Å². The smallest absolute Gasteiger partial charge is 0.248 e. The van der Waals surface area contributed by atoms with Crippen LogP contribution >= 0.6 is 0 Å². The van der Waals surface area contributed by atoms with E-state index in [2.05, 4.69) is 15.2 Å². The number of halogens is 2. The molecule has 3 fully saturated rings. The summed E-state index contributed by atoms with van der Waals surface area (Å²) in [5.41, 5.74) is 1.49. The van der Waals surface area contributed by atoms with Gasteiger partial charge in [0, 0.05) is 56.6 Å². The third-order valence-corrected chi connectivity index (χ3v) is 8.58. The molecule has 0 radical (unpaired) electrons. The highest BCUT2D eigenvalue weighted by molar-refractivity contribution is 7.88. The van der Waals surface area contributed by atoms with Gasteiger partial charge in [-0.3, -0.25) is 0 Å². The maximum absolute atomic E-state index is 13.9. The second-order valence-corrected chi connectivity index (χ2v) is 11.7. The van der Waals surface area contributed by atoms with E-state index in [9.17, 15) is 17.2 Å². The lowest BCUT2D eigenvalue weighted by Gasteiger charge is -2.30. The van der Waals surface area contributed by atoms with Gasteiger partial charge in [0.15, 0.2) is 0 Å². The molecule has 1 aromatic heterocycles. The summed E-state index contributed by atoms with van der Waals surface area (Å²) >= 11 is 0. The molecule has 5 rings (SSSR count). The lowest BCUT2D eigenvalue weighted by atomic mass is 9.85. The molecule has 1 atom stereocenters. The molecule has 1 unspecified atom stereocenters. The monoisotopic (exact) mass is 465 g/mol. The first-order chi connectivity index (χ1) is 15.1. The van der Waals surface area contributed by atoms with E-state index in [1.54, 1.807) is 6.20 Å². The lowest BCUT2D eigenvalue weighted by Crippen LogP contribution is -2.42. The summed E-state index contributed by atoms with van der Waals surface area (Å²) in [5.74, 6) is -2.02. The van der Waals surface area contributed by atoms with Crippen molar-refractivity contribution < 1.29 is 17.2 Å². The molecule has 3 aliphatic rings. The van der Waals surface area contributed by atoms with E-state index in [1.807, 2.05) is 18.2 Å². The zero-order valence-electron chi connectivity index (χ0n) is 18.2. The summed E-state index contributed by atoms with van der Waals surface area (Å²) < 4.78 is 52.8. The first-order valence-electron chi connectivity index (χ1n) is 11.2. The Balaban J connectivity index is 1.33. The zero-order chi connectivity index (χ0) is 22.6. The number of fused-ring (bicyclic) bond motifs is 1. The van der Waals surface area contributed by atoms with Crippen molar-refractivity contribution in [3.05, 3.63) is 24.4 Å². The number of aromatic nitrogens is 2. The number of piperidine rings is 1. The van der Waals surface area contributed by atoms with Gasteiger partial charge < -0.3 is 10.2 Å². The summed E-state index contributed by atoms with van der Waals surface area (Å²) in [7, 11) is -3.16. The molecule has 32 heavy (non-hydrogen) atoms. The third kappa shape index (κ3) is 4.26. The normalized spacial score (nSPS) is 26.9. The van der Waals surface area contributed by atoms with E-state index in [0.717, 1.165) is 29.6 Å². The van der Waals surface area contributed by atoms with Gasteiger partial charge in [0.2, 0.25) is 21.9 Å². The minimum atomic E-state index is -3.16. The molecule has 7 nitrogen and oxygen atoms in total. The van der Waals surface area contributed by atoms with Crippen LogP contribution < -0.4 is 10.2 Å². The Bertz CT molecular complexity index is 1120. The molecule has 1 aliphatic carbocycles. The highest BCUT2D eigenvalue weighted by Gasteiger charge is 2.52. The zero-order valence-corrected chi connectivity index (χ0v) is 19.0. The SMILES string of the molecule is CS(=O)(=O)N1CCC(Nc2ncc3cccc(N4CCC5(CCC(F)(F)C5)C4)c3n2)CC1. The number of benzene rings is 1. The molecule has 1 spiro atoms. The Morgan fingerprint density at radius 2 is 1.91 bits per heavy atom. The van der Waals surface area contributed by atoms with Crippen molar-refractivity contribution in [3.63, 3.8) is 0 Å². The number of alkyl halides is 2. The number of anilines is 2. The predicted octanol–water partition coefficient (Wildman–Crippen LogP) is 3.48. The lowest BCUT2D eigenvalue weighted by molar-refractivity contribution is -0.00186. The number of hydrogen-bond donors (Lipinski definition) is 1. The summed E-state index contributed by atoms with van der Waals surface area (Å²) in [6, 6.07) is 6.04. The molecule has 2 aliphatic heterocycles. The van der Waals surface area contributed by atoms with Gasteiger partial charge in [-0.15, -0.1) is 0 Å².